The summed E-state index contributed by atoms with van der Waals surface area (Å²) in [6, 6.07) is 14.0. The molecular weight excluding hydrogens is 454 g/mol. The standard InChI is InChI=1S/C29H35N3O4/c1-29(2)17-31(14-26(33)25-12-18-5-3-4-6-20(18)13-30-25)28(35)23-10-7-19(11-24(23)29)27(34)32-21-8-9-22(32)16-36-15-21/h3-7,10-11,21-22,25-26,30,33H,8-9,12-17H2,1-2H3/t21?,22?,25-,26?/m0/s1. The van der Waals surface area contributed by atoms with Crippen molar-refractivity contribution < 1.29 is 19.4 Å². The van der Waals surface area contributed by atoms with Gasteiger partial charge in [-0.25, -0.2) is 0 Å². The minimum atomic E-state index is -0.669. The van der Waals surface area contributed by atoms with E-state index in [1.165, 1.54) is 11.1 Å². The molecule has 2 N–H and O–H groups in total. The highest BCUT2D eigenvalue weighted by molar-refractivity contribution is 6.00. The normalized spacial score (nSPS) is 27.4. The average Bonchev–Trinajstić information content (AvgIpc) is 3.13. The molecule has 0 saturated carbocycles. The van der Waals surface area contributed by atoms with E-state index in [2.05, 4.69) is 31.3 Å². The van der Waals surface area contributed by atoms with Gasteiger partial charge in [-0.3, -0.25) is 9.59 Å². The summed E-state index contributed by atoms with van der Waals surface area (Å²) in [5, 5.41) is 14.5. The van der Waals surface area contributed by atoms with E-state index in [-0.39, 0.29) is 41.9 Å². The van der Waals surface area contributed by atoms with Crippen LogP contribution in [-0.2, 0) is 23.1 Å². The Morgan fingerprint density at radius 3 is 2.61 bits per heavy atom. The topological polar surface area (TPSA) is 82.1 Å². The zero-order valence-electron chi connectivity index (χ0n) is 21.1. The molecule has 4 atom stereocenters. The number of carbonyl (C=O) groups excluding carboxylic acids is 2. The van der Waals surface area contributed by atoms with E-state index in [0.717, 1.165) is 31.4 Å². The lowest BCUT2D eigenvalue weighted by Crippen LogP contribution is -2.54. The molecule has 3 unspecified atom stereocenters. The second-order valence-corrected chi connectivity index (χ2v) is 11.5. The number of ether oxygens (including phenoxy) is 1. The molecule has 4 aliphatic heterocycles. The number of aliphatic hydroxyl groups is 1. The lowest BCUT2D eigenvalue weighted by atomic mass is 9.77. The third-order valence-corrected chi connectivity index (χ3v) is 8.56. The van der Waals surface area contributed by atoms with Crippen molar-refractivity contribution in [2.45, 2.75) is 69.3 Å². The lowest BCUT2D eigenvalue weighted by Gasteiger charge is -2.42. The van der Waals surface area contributed by atoms with Crippen LogP contribution in [0.15, 0.2) is 42.5 Å². The predicted molar refractivity (Wildman–Crippen MR) is 136 cm³/mol. The van der Waals surface area contributed by atoms with Crippen molar-refractivity contribution in [3.8, 4) is 0 Å². The van der Waals surface area contributed by atoms with Gasteiger partial charge < -0.3 is 25.0 Å². The maximum absolute atomic E-state index is 13.5. The number of benzene rings is 2. The van der Waals surface area contributed by atoms with Crippen LogP contribution in [0.1, 0.15) is 64.1 Å². The van der Waals surface area contributed by atoms with Gasteiger partial charge in [0.15, 0.2) is 0 Å². The highest BCUT2D eigenvalue weighted by Crippen LogP contribution is 2.36. The third-order valence-electron chi connectivity index (χ3n) is 8.56. The molecule has 0 spiro atoms. The maximum atomic E-state index is 13.5. The van der Waals surface area contributed by atoms with Crippen molar-refractivity contribution in [1.29, 1.82) is 0 Å². The second kappa shape index (κ2) is 8.98. The summed E-state index contributed by atoms with van der Waals surface area (Å²) in [6.07, 6.45) is 2.06. The number of amides is 2. The molecule has 4 aliphatic rings. The Morgan fingerprint density at radius 2 is 1.86 bits per heavy atom. The number of hydrogen-bond acceptors (Lipinski definition) is 5. The van der Waals surface area contributed by atoms with Crippen LogP contribution in [0.4, 0.5) is 0 Å². The Morgan fingerprint density at radius 1 is 1.14 bits per heavy atom. The monoisotopic (exact) mass is 489 g/mol. The van der Waals surface area contributed by atoms with Gasteiger partial charge in [0.2, 0.25) is 0 Å². The van der Waals surface area contributed by atoms with Gasteiger partial charge in [0.05, 0.1) is 31.4 Å². The number of β-amino-alcohol motifs (C(OH)–C–C–N with tert-alkyl or cyclic N) is 1. The summed E-state index contributed by atoms with van der Waals surface area (Å²) in [5.74, 6) is -0.0385. The molecular formula is C29H35N3O4. The van der Waals surface area contributed by atoms with Crippen molar-refractivity contribution in [3.63, 3.8) is 0 Å². The Hall–Kier alpha value is -2.74. The SMILES string of the molecule is CC1(C)CN(CC(O)[C@@H]2Cc3ccccc3CN2)C(=O)c2ccc(C(=O)N3C4CCC3COC4)cc21. The van der Waals surface area contributed by atoms with Crippen molar-refractivity contribution in [2.75, 3.05) is 26.3 Å². The average molecular weight is 490 g/mol. The van der Waals surface area contributed by atoms with Crippen molar-refractivity contribution in [2.24, 2.45) is 0 Å². The predicted octanol–water partition coefficient (Wildman–Crippen LogP) is 2.50. The summed E-state index contributed by atoms with van der Waals surface area (Å²) >= 11 is 0. The van der Waals surface area contributed by atoms with Crippen LogP contribution in [0.5, 0.6) is 0 Å². The molecule has 0 aliphatic carbocycles. The number of fused-ring (bicyclic) bond motifs is 4. The number of nitrogens with one attached hydrogen (secondary N) is 1. The molecule has 2 amide bonds. The van der Waals surface area contributed by atoms with Crippen molar-refractivity contribution in [1.82, 2.24) is 15.1 Å². The van der Waals surface area contributed by atoms with Gasteiger partial charge in [-0.2, -0.15) is 0 Å². The first-order valence-corrected chi connectivity index (χ1v) is 13.1. The Bertz CT molecular complexity index is 1180. The molecule has 2 saturated heterocycles. The Kier molecular flexibility index (Phi) is 5.90. The molecule has 4 heterocycles. The molecule has 190 valence electrons. The molecule has 7 nitrogen and oxygen atoms in total. The molecule has 2 bridgehead atoms. The summed E-state index contributed by atoms with van der Waals surface area (Å²) in [5.41, 5.74) is 4.36. The molecule has 36 heavy (non-hydrogen) atoms. The van der Waals surface area contributed by atoms with Crippen LogP contribution in [0.2, 0.25) is 0 Å². The van der Waals surface area contributed by atoms with Crippen LogP contribution in [0.3, 0.4) is 0 Å². The third kappa shape index (κ3) is 4.03. The first kappa shape index (κ1) is 23.6. The van der Waals surface area contributed by atoms with Gasteiger partial charge in [0, 0.05) is 42.2 Å². The smallest absolute Gasteiger partial charge is 0.254 e. The van der Waals surface area contributed by atoms with Crippen LogP contribution >= 0.6 is 0 Å². The number of nitrogens with zero attached hydrogens (tertiary/aromatic N) is 2. The minimum absolute atomic E-state index is 0.0401. The van der Waals surface area contributed by atoms with Gasteiger partial charge in [0.25, 0.3) is 11.8 Å². The highest BCUT2D eigenvalue weighted by atomic mass is 16.5. The van der Waals surface area contributed by atoms with E-state index in [4.69, 9.17) is 4.74 Å². The van der Waals surface area contributed by atoms with Crippen LogP contribution in [0.25, 0.3) is 0 Å². The highest BCUT2D eigenvalue weighted by Gasteiger charge is 2.42. The lowest BCUT2D eigenvalue weighted by molar-refractivity contribution is -0.00717. The number of rotatable bonds is 4. The Balaban J connectivity index is 1.20. The fourth-order valence-corrected chi connectivity index (χ4v) is 6.59. The molecule has 6 rings (SSSR count). The maximum Gasteiger partial charge on any atom is 0.254 e. The first-order chi connectivity index (χ1) is 17.3. The van der Waals surface area contributed by atoms with Gasteiger partial charge >= 0.3 is 0 Å². The fraction of sp³-hybridized carbons (Fsp3) is 0.517. The molecule has 0 radical (unpaired) electrons. The molecule has 0 aromatic heterocycles. The summed E-state index contributed by atoms with van der Waals surface area (Å²) in [4.78, 5) is 30.7. The molecule has 2 aromatic carbocycles. The van der Waals surface area contributed by atoms with Crippen molar-refractivity contribution >= 4 is 11.8 Å². The number of aliphatic hydroxyl groups excluding tert-OH is 1. The molecule has 2 fully saturated rings. The van der Waals surface area contributed by atoms with Gasteiger partial charge in [-0.05, 0) is 54.2 Å². The number of morpholine rings is 1. The fourth-order valence-electron chi connectivity index (χ4n) is 6.59. The number of hydrogen-bond donors (Lipinski definition) is 2. The van der Waals surface area contributed by atoms with Crippen LogP contribution < -0.4 is 5.32 Å². The zero-order chi connectivity index (χ0) is 25.0. The van der Waals surface area contributed by atoms with E-state index in [9.17, 15) is 14.7 Å². The van der Waals surface area contributed by atoms with E-state index >= 15 is 0 Å². The van der Waals surface area contributed by atoms with Gasteiger partial charge in [-0.1, -0.05) is 38.1 Å². The van der Waals surface area contributed by atoms with E-state index in [1.54, 1.807) is 11.0 Å². The molecule has 7 heteroatoms. The summed E-state index contributed by atoms with van der Waals surface area (Å²) < 4.78 is 5.65. The zero-order valence-corrected chi connectivity index (χ0v) is 21.1. The van der Waals surface area contributed by atoms with Gasteiger partial charge in [-0.15, -0.1) is 0 Å². The van der Waals surface area contributed by atoms with Gasteiger partial charge in [0.1, 0.15) is 0 Å². The van der Waals surface area contributed by atoms with E-state index < -0.39 is 6.10 Å². The quantitative estimate of drug-likeness (QED) is 0.690. The molecule has 2 aromatic rings. The number of carbonyl (C=O) groups is 2. The van der Waals surface area contributed by atoms with Crippen LogP contribution in [0, 0.1) is 0 Å². The Labute approximate surface area is 212 Å². The second-order valence-electron chi connectivity index (χ2n) is 11.5. The largest absolute Gasteiger partial charge is 0.390 e. The van der Waals surface area contributed by atoms with Crippen LogP contribution in [-0.4, -0.2) is 77.3 Å². The first-order valence-electron chi connectivity index (χ1n) is 13.1. The minimum Gasteiger partial charge on any atom is -0.390 e. The van der Waals surface area contributed by atoms with E-state index in [1.807, 2.05) is 29.2 Å². The summed E-state index contributed by atoms with van der Waals surface area (Å²) in [7, 11) is 0. The summed E-state index contributed by atoms with van der Waals surface area (Å²) in [6.45, 7) is 6.94. The van der Waals surface area contributed by atoms with Crippen molar-refractivity contribution in [3.05, 3.63) is 70.3 Å². The van der Waals surface area contributed by atoms with E-state index in [0.29, 0.717) is 30.9 Å².